The van der Waals surface area contributed by atoms with E-state index >= 15 is 0 Å². The van der Waals surface area contributed by atoms with Gasteiger partial charge in [0.15, 0.2) is 0 Å². The standard InChI is InChI=1S/C15H29NO/c1-12-8-14(10-15(2,3)9-12)16-6-4-13(11-17)5-7-16/h12-14,17H,4-11H2,1-3H3/t12-,14-/m0/s1. The molecule has 17 heavy (non-hydrogen) atoms. The zero-order chi connectivity index (χ0) is 12.5. The van der Waals surface area contributed by atoms with Crippen LogP contribution in [-0.2, 0) is 0 Å². The van der Waals surface area contributed by atoms with Gasteiger partial charge < -0.3 is 10.0 Å². The van der Waals surface area contributed by atoms with Crippen LogP contribution < -0.4 is 0 Å². The lowest BCUT2D eigenvalue weighted by molar-refractivity contribution is 0.0359. The maximum Gasteiger partial charge on any atom is 0.0460 e. The summed E-state index contributed by atoms with van der Waals surface area (Å²) < 4.78 is 0. The van der Waals surface area contributed by atoms with Crippen LogP contribution >= 0.6 is 0 Å². The molecule has 1 aliphatic carbocycles. The third kappa shape index (κ3) is 3.45. The molecule has 0 unspecified atom stereocenters. The van der Waals surface area contributed by atoms with Crippen molar-refractivity contribution in [2.45, 2.75) is 58.9 Å². The molecule has 100 valence electrons. The van der Waals surface area contributed by atoms with E-state index in [0.717, 1.165) is 12.0 Å². The largest absolute Gasteiger partial charge is 0.396 e. The van der Waals surface area contributed by atoms with Gasteiger partial charge in [-0.1, -0.05) is 20.8 Å². The number of piperidine rings is 1. The molecule has 1 heterocycles. The number of rotatable bonds is 2. The maximum absolute atomic E-state index is 9.19. The van der Waals surface area contributed by atoms with E-state index < -0.39 is 0 Å². The molecule has 0 bridgehead atoms. The predicted molar refractivity (Wildman–Crippen MR) is 72.0 cm³/mol. The molecule has 2 atom stereocenters. The van der Waals surface area contributed by atoms with Crippen LogP contribution in [0.5, 0.6) is 0 Å². The van der Waals surface area contributed by atoms with E-state index in [-0.39, 0.29) is 0 Å². The van der Waals surface area contributed by atoms with Crippen molar-refractivity contribution in [3.63, 3.8) is 0 Å². The summed E-state index contributed by atoms with van der Waals surface area (Å²) in [6.45, 7) is 10.1. The fourth-order valence-electron chi connectivity index (χ4n) is 4.07. The van der Waals surface area contributed by atoms with Crippen molar-refractivity contribution >= 4 is 0 Å². The average molecular weight is 239 g/mol. The van der Waals surface area contributed by atoms with Gasteiger partial charge in [0.1, 0.15) is 0 Å². The highest BCUT2D eigenvalue weighted by Gasteiger charge is 2.35. The van der Waals surface area contributed by atoms with Gasteiger partial charge in [-0.05, 0) is 62.4 Å². The van der Waals surface area contributed by atoms with Crippen molar-refractivity contribution in [2.24, 2.45) is 17.3 Å². The Kier molecular flexibility index (Phi) is 4.14. The molecular weight excluding hydrogens is 210 g/mol. The molecule has 2 fully saturated rings. The highest BCUT2D eigenvalue weighted by atomic mass is 16.3. The second kappa shape index (κ2) is 5.27. The summed E-state index contributed by atoms with van der Waals surface area (Å²) in [4.78, 5) is 2.70. The molecule has 1 saturated heterocycles. The summed E-state index contributed by atoms with van der Waals surface area (Å²) in [5.74, 6) is 1.44. The molecule has 2 rings (SSSR count). The van der Waals surface area contributed by atoms with Gasteiger partial charge in [0.2, 0.25) is 0 Å². The van der Waals surface area contributed by atoms with Crippen LogP contribution in [0.15, 0.2) is 0 Å². The van der Waals surface area contributed by atoms with Crippen LogP contribution in [0, 0.1) is 17.3 Å². The first kappa shape index (κ1) is 13.4. The Hall–Kier alpha value is -0.0800. The van der Waals surface area contributed by atoms with E-state index in [4.69, 9.17) is 0 Å². The zero-order valence-corrected chi connectivity index (χ0v) is 11.8. The molecule has 2 nitrogen and oxygen atoms in total. The fourth-order valence-corrected chi connectivity index (χ4v) is 4.07. The second-order valence-electron chi connectivity index (χ2n) is 7.23. The Balaban J connectivity index is 1.90. The van der Waals surface area contributed by atoms with Gasteiger partial charge in [-0.25, -0.2) is 0 Å². The maximum atomic E-state index is 9.19. The molecule has 2 heteroatoms. The Labute approximate surface area is 106 Å². The SMILES string of the molecule is C[C@H]1C[C@H](N2CCC(CO)CC2)CC(C)(C)C1. The van der Waals surface area contributed by atoms with Crippen molar-refractivity contribution in [3.05, 3.63) is 0 Å². The fraction of sp³-hybridized carbons (Fsp3) is 1.00. The van der Waals surface area contributed by atoms with Crippen molar-refractivity contribution in [2.75, 3.05) is 19.7 Å². The Bertz CT molecular complexity index is 243. The molecule has 0 aromatic carbocycles. The summed E-state index contributed by atoms with van der Waals surface area (Å²) in [6, 6.07) is 0.799. The van der Waals surface area contributed by atoms with E-state index in [1.165, 1.54) is 45.2 Å². The van der Waals surface area contributed by atoms with Gasteiger partial charge in [0.25, 0.3) is 0 Å². The third-order valence-electron chi connectivity index (χ3n) is 4.79. The molecule has 0 aromatic rings. The molecule has 0 amide bonds. The molecule has 0 spiro atoms. The van der Waals surface area contributed by atoms with E-state index in [1.807, 2.05) is 0 Å². The van der Waals surface area contributed by atoms with E-state index in [2.05, 4.69) is 25.7 Å². The van der Waals surface area contributed by atoms with Gasteiger partial charge in [-0.15, -0.1) is 0 Å². The van der Waals surface area contributed by atoms with Gasteiger partial charge in [0.05, 0.1) is 0 Å². The number of nitrogens with zero attached hydrogens (tertiary/aromatic N) is 1. The molecule has 2 aliphatic rings. The quantitative estimate of drug-likeness (QED) is 0.801. The first-order valence-electron chi connectivity index (χ1n) is 7.35. The third-order valence-corrected chi connectivity index (χ3v) is 4.79. The average Bonchev–Trinajstić information content (AvgIpc) is 2.26. The highest BCUT2D eigenvalue weighted by molar-refractivity contribution is 4.89. The van der Waals surface area contributed by atoms with Crippen LogP contribution in [0.4, 0.5) is 0 Å². The van der Waals surface area contributed by atoms with E-state index in [0.29, 0.717) is 17.9 Å². The summed E-state index contributed by atoms with van der Waals surface area (Å²) >= 11 is 0. The highest BCUT2D eigenvalue weighted by Crippen LogP contribution is 2.41. The number of hydrogen-bond acceptors (Lipinski definition) is 2. The van der Waals surface area contributed by atoms with Crippen LogP contribution in [0.3, 0.4) is 0 Å². The summed E-state index contributed by atoms with van der Waals surface area (Å²) in [6.07, 6.45) is 6.52. The number of aliphatic hydroxyl groups excluding tert-OH is 1. The zero-order valence-electron chi connectivity index (χ0n) is 11.8. The topological polar surface area (TPSA) is 23.5 Å². The van der Waals surface area contributed by atoms with Crippen LogP contribution in [0.1, 0.15) is 52.9 Å². The molecule has 1 aliphatic heterocycles. The van der Waals surface area contributed by atoms with Crippen molar-refractivity contribution in [1.29, 1.82) is 0 Å². The lowest BCUT2D eigenvalue weighted by Crippen LogP contribution is -2.47. The molecule has 1 saturated carbocycles. The van der Waals surface area contributed by atoms with E-state index in [9.17, 15) is 5.11 Å². The molecular formula is C15H29NO. The Morgan fingerprint density at radius 3 is 2.35 bits per heavy atom. The minimum absolute atomic E-state index is 0.389. The van der Waals surface area contributed by atoms with E-state index in [1.54, 1.807) is 0 Å². The van der Waals surface area contributed by atoms with Gasteiger partial charge in [-0.2, -0.15) is 0 Å². The number of likely N-dealkylation sites (tertiary alicyclic amines) is 1. The first-order chi connectivity index (χ1) is 8.00. The monoisotopic (exact) mass is 239 g/mol. The minimum atomic E-state index is 0.389. The van der Waals surface area contributed by atoms with Crippen LogP contribution in [0.2, 0.25) is 0 Å². The summed E-state index contributed by atoms with van der Waals surface area (Å²) in [7, 11) is 0. The lowest BCUT2D eigenvalue weighted by atomic mass is 9.70. The Morgan fingerprint density at radius 1 is 1.18 bits per heavy atom. The lowest BCUT2D eigenvalue weighted by Gasteiger charge is -2.46. The first-order valence-corrected chi connectivity index (χ1v) is 7.35. The van der Waals surface area contributed by atoms with Crippen molar-refractivity contribution < 1.29 is 5.11 Å². The smallest absolute Gasteiger partial charge is 0.0460 e. The minimum Gasteiger partial charge on any atom is -0.396 e. The molecule has 0 aromatic heterocycles. The molecule has 0 radical (unpaired) electrons. The summed E-state index contributed by atoms with van der Waals surface area (Å²) in [5, 5.41) is 9.19. The van der Waals surface area contributed by atoms with Gasteiger partial charge in [-0.3, -0.25) is 0 Å². The summed E-state index contributed by atoms with van der Waals surface area (Å²) in [5.41, 5.74) is 0.524. The normalized spacial score (nSPS) is 36.0. The second-order valence-corrected chi connectivity index (χ2v) is 7.23. The van der Waals surface area contributed by atoms with Crippen molar-refractivity contribution in [1.82, 2.24) is 4.90 Å². The number of aliphatic hydroxyl groups is 1. The van der Waals surface area contributed by atoms with Crippen molar-refractivity contribution in [3.8, 4) is 0 Å². The molecule has 1 N–H and O–H groups in total. The predicted octanol–water partition coefficient (Wildman–Crippen LogP) is 2.91. The van der Waals surface area contributed by atoms with Crippen LogP contribution in [-0.4, -0.2) is 35.7 Å². The van der Waals surface area contributed by atoms with Gasteiger partial charge in [0, 0.05) is 12.6 Å². The van der Waals surface area contributed by atoms with Gasteiger partial charge >= 0.3 is 0 Å². The Morgan fingerprint density at radius 2 is 1.82 bits per heavy atom. The van der Waals surface area contributed by atoms with Crippen LogP contribution in [0.25, 0.3) is 0 Å². The number of hydrogen-bond donors (Lipinski definition) is 1.